The number of hydrogen-bond acceptors (Lipinski definition) is 3. The molecule has 0 fully saturated rings. The van der Waals surface area contributed by atoms with Gasteiger partial charge in [0.1, 0.15) is 5.75 Å². The molecule has 0 aliphatic heterocycles. The predicted molar refractivity (Wildman–Crippen MR) is 98.5 cm³/mol. The van der Waals surface area contributed by atoms with Crippen molar-refractivity contribution < 1.29 is 9.53 Å². The van der Waals surface area contributed by atoms with Crippen molar-refractivity contribution in [1.29, 1.82) is 0 Å². The maximum atomic E-state index is 12.0. The molecule has 1 amide bonds. The fourth-order valence-corrected chi connectivity index (χ4v) is 2.39. The van der Waals surface area contributed by atoms with Crippen LogP contribution in [0.1, 0.15) is 18.9 Å². The molecule has 0 saturated carbocycles. The Morgan fingerprint density at radius 2 is 1.79 bits per heavy atom. The van der Waals surface area contributed by atoms with Crippen LogP contribution in [0.2, 0.25) is 0 Å². The maximum absolute atomic E-state index is 12.0. The van der Waals surface area contributed by atoms with E-state index in [-0.39, 0.29) is 5.91 Å². The lowest BCUT2D eigenvalue weighted by atomic mass is 10.1. The van der Waals surface area contributed by atoms with Gasteiger partial charge in [-0.15, -0.1) is 0 Å². The summed E-state index contributed by atoms with van der Waals surface area (Å²) in [7, 11) is 1.95. The van der Waals surface area contributed by atoms with Gasteiger partial charge in [-0.3, -0.25) is 9.69 Å². The third kappa shape index (κ3) is 6.42. The largest absolute Gasteiger partial charge is 0.494 e. The minimum Gasteiger partial charge on any atom is -0.494 e. The third-order valence-electron chi connectivity index (χ3n) is 3.76. The van der Waals surface area contributed by atoms with Crippen LogP contribution in [0.15, 0.2) is 54.6 Å². The number of carbonyl (C=O) groups excluding carboxylic acids is 1. The van der Waals surface area contributed by atoms with Crippen LogP contribution in [0, 0.1) is 0 Å². The van der Waals surface area contributed by atoms with Crippen molar-refractivity contribution in [3.05, 3.63) is 60.2 Å². The summed E-state index contributed by atoms with van der Waals surface area (Å²) in [6.45, 7) is 3.95. The highest BCUT2D eigenvalue weighted by Gasteiger charge is 2.07. The van der Waals surface area contributed by atoms with E-state index in [9.17, 15) is 4.79 Å². The molecule has 4 nitrogen and oxygen atoms in total. The van der Waals surface area contributed by atoms with Gasteiger partial charge in [-0.1, -0.05) is 37.3 Å². The lowest BCUT2D eigenvalue weighted by Crippen LogP contribution is -2.31. The summed E-state index contributed by atoms with van der Waals surface area (Å²) in [5, 5.41) is 2.93. The van der Waals surface area contributed by atoms with Gasteiger partial charge in [0.15, 0.2) is 0 Å². The first-order valence-electron chi connectivity index (χ1n) is 8.42. The molecule has 24 heavy (non-hydrogen) atoms. The number of carbonyl (C=O) groups is 1. The molecular weight excluding hydrogens is 300 g/mol. The molecule has 2 aromatic rings. The highest BCUT2D eigenvalue weighted by Crippen LogP contribution is 2.10. The molecule has 0 spiro atoms. The Morgan fingerprint density at radius 1 is 1.08 bits per heavy atom. The second-order valence-corrected chi connectivity index (χ2v) is 5.85. The van der Waals surface area contributed by atoms with Crippen LogP contribution < -0.4 is 10.1 Å². The molecule has 0 unspecified atom stereocenters. The van der Waals surface area contributed by atoms with E-state index in [1.807, 2.05) is 66.5 Å². The van der Waals surface area contributed by atoms with Crippen LogP contribution in [0.25, 0.3) is 0 Å². The van der Waals surface area contributed by atoms with Gasteiger partial charge >= 0.3 is 0 Å². The fraction of sp³-hybridized carbons (Fsp3) is 0.350. The maximum Gasteiger partial charge on any atom is 0.238 e. The Balaban J connectivity index is 1.64. The number of nitrogens with one attached hydrogen (secondary N) is 1. The first-order chi connectivity index (χ1) is 11.7. The van der Waals surface area contributed by atoms with E-state index in [2.05, 4.69) is 12.2 Å². The molecule has 2 aromatic carbocycles. The van der Waals surface area contributed by atoms with Crippen LogP contribution in [0.5, 0.6) is 5.75 Å². The predicted octanol–water partition coefficient (Wildman–Crippen LogP) is 3.59. The van der Waals surface area contributed by atoms with Gasteiger partial charge < -0.3 is 10.1 Å². The average molecular weight is 326 g/mol. The highest BCUT2D eigenvalue weighted by atomic mass is 16.5. The number of amides is 1. The number of anilines is 1. The molecule has 0 heterocycles. The van der Waals surface area contributed by atoms with Crippen molar-refractivity contribution in [2.24, 2.45) is 0 Å². The van der Waals surface area contributed by atoms with Crippen molar-refractivity contribution in [3.8, 4) is 5.75 Å². The molecular formula is C20H26N2O2. The Kier molecular flexibility index (Phi) is 7.30. The van der Waals surface area contributed by atoms with Crippen molar-refractivity contribution in [1.82, 2.24) is 4.90 Å². The van der Waals surface area contributed by atoms with Crippen LogP contribution in [0.3, 0.4) is 0 Å². The topological polar surface area (TPSA) is 41.6 Å². The molecule has 4 heteroatoms. The van der Waals surface area contributed by atoms with Gasteiger partial charge in [0.25, 0.3) is 0 Å². The molecule has 0 saturated heterocycles. The van der Waals surface area contributed by atoms with Gasteiger partial charge in [-0.05, 0) is 49.7 Å². The summed E-state index contributed by atoms with van der Waals surface area (Å²) in [5.41, 5.74) is 2.11. The molecule has 0 radical (unpaired) electrons. The number of ether oxygens (including phenoxy) is 1. The second-order valence-electron chi connectivity index (χ2n) is 5.85. The Morgan fingerprint density at radius 3 is 2.46 bits per heavy atom. The second kappa shape index (κ2) is 9.73. The zero-order chi connectivity index (χ0) is 17.2. The van der Waals surface area contributed by atoms with E-state index in [1.54, 1.807) is 0 Å². The average Bonchev–Trinajstić information content (AvgIpc) is 2.60. The van der Waals surface area contributed by atoms with Crippen LogP contribution in [0.4, 0.5) is 5.69 Å². The molecule has 128 valence electrons. The molecule has 0 atom stereocenters. The number of aryl methyl sites for hydroxylation is 1. The summed E-state index contributed by atoms with van der Waals surface area (Å²) in [6.07, 6.45) is 1.88. The number of nitrogens with zero attached hydrogens (tertiary/aromatic N) is 1. The Hall–Kier alpha value is -2.33. The van der Waals surface area contributed by atoms with E-state index in [1.165, 1.54) is 5.56 Å². The molecule has 0 aliphatic rings. The molecule has 0 aromatic heterocycles. The van der Waals surface area contributed by atoms with Crippen LogP contribution in [-0.4, -0.2) is 37.6 Å². The quantitative estimate of drug-likeness (QED) is 0.716. The minimum atomic E-state index is 0.00530. The summed E-state index contributed by atoms with van der Waals surface area (Å²) in [6, 6.07) is 17.8. The van der Waals surface area contributed by atoms with Gasteiger partial charge in [0, 0.05) is 12.2 Å². The highest BCUT2D eigenvalue weighted by molar-refractivity contribution is 5.92. The zero-order valence-electron chi connectivity index (χ0n) is 14.5. The van der Waals surface area contributed by atoms with E-state index in [4.69, 9.17) is 4.74 Å². The van der Waals surface area contributed by atoms with Gasteiger partial charge in [-0.2, -0.15) is 0 Å². The number of para-hydroxylation sites is 1. The fourth-order valence-electron chi connectivity index (χ4n) is 2.39. The molecule has 2 rings (SSSR count). The van der Waals surface area contributed by atoms with E-state index in [0.29, 0.717) is 13.2 Å². The normalized spacial score (nSPS) is 10.6. The lowest BCUT2D eigenvalue weighted by Gasteiger charge is -2.16. The summed E-state index contributed by atoms with van der Waals surface area (Å²) < 4.78 is 5.65. The number of rotatable bonds is 9. The van der Waals surface area contributed by atoms with Crippen molar-refractivity contribution >= 4 is 11.6 Å². The summed E-state index contributed by atoms with van der Waals surface area (Å²) >= 11 is 0. The monoisotopic (exact) mass is 326 g/mol. The molecule has 1 N–H and O–H groups in total. The van der Waals surface area contributed by atoms with Crippen LogP contribution >= 0.6 is 0 Å². The van der Waals surface area contributed by atoms with Gasteiger partial charge in [-0.25, -0.2) is 0 Å². The first kappa shape index (κ1) is 18.0. The minimum absolute atomic E-state index is 0.00530. The number of benzene rings is 2. The third-order valence-corrected chi connectivity index (χ3v) is 3.76. The SMILES string of the molecule is CCc1ccc(NC(=O)CN(C)CCCOc2ccccc2)cc1. The van der Waals surface area contributed by atoms with Crippen molar-refractivity contribution in [3.63, 3.8) is 0 Å². The molecule has 0 aliphatic carbocycles. The number of hydrogen-bond donors (Lipinski definition) is 1. The van der Waals surface area contributed by atoms with E-state index < -0.39 is 0 Å². The first-order valence-corrected chi connectivity index (χ1v) is 8.42. The molecule has 0 bridgehead atoms. The number of likely N-dealkylation sites (N-methyl/N-ethyl adjacent to an activating group) is 1. The zero-order valence-corrected chi connectivity index (χ0v) is 14.5. The van der Waals surface area contributed by atoms with Gasteiger partial charge in [0.05, 0.1) is 13.2 Å². The smallest absolute Gasteiger partial charge is 0.238 e. The standard InChI is InChI=1S/C20H26N2O2/c1-3-17-10-12-18(13-11-17)21-20(23)16-22(2)14-7-15-24-19-8-5-4-6-9-19/h4-6,8-13H,3,7,14-16H2,1-2H3,(H,21,23). The van der Waals surface area contributed by atoms with Crippen molar-refractivity contribution in [2.45, 2.75) is 19.8 Å². The van der Waals surface area contributed by atoms with Crippen molar-refractivity contribution in [2.75, 3.05) is 32.1 Å². The van der Waals surface area contributed by atoms with Gasteiger partial charge in [0.2, 0.25) is 5.91 Å². The summed E-state index contributed by atoms with van der Waals surface area (Å²) in [4.78, 5) is 14.1. The van der Waals surface area contributed by atoms with Crippen LogP contribution in [-0.2, 0) is 11.2 Å². The summed E-state index contributed by atoms with van der Waals surface area (Å²) in [5.74, 6) is 0.888. The lowest BCUT2D eigenvalue weighted by molar-refractivity contribution is -0.117. The van der Waals surface area contributed by atoms with E-state index in [0.717, 1.165) is 30.8 Å². The van der Waals surface area contributed by atoms with E-state index >= 15 is 0 Å². The Labute approximate surface area is 144 Å². The Bertz CT molecular complexity index is 611.